The predicted octanol–water partition coefficient (Wildman–Crippen LogP) is 34.2. The van der Waals surface area contributed by atoms with E-state index in [1.54, 1.807) is 4.90 Å². The van der Waals surface area contributed by atoms with Gasteiger partial charge in [0.25, 0.3) is 23.6 Å². The third-order valence-corrected chi connectivity index (χ3v) is 28.1. The summed E-state index contributed by atoms with van der Waals surface area (Å²) in [5.41, 5.74) is 21.4. The number of carbonyl (C=O) groups is 4. The van der Waals surface area contributed by atoms with Crippen molar-refractivity contribution in [3.8, 4) is 0 Å². The number of amides is 4. The Morgan fingerprint density at radius 3 is 0.831 bits per heavy atom. The molecule has 9 heteroatoms. The Morgan fingerprint density at radius 2 is 0.508 bits per heavy atom. The summed E-state index contributed by atoms with van der Waals surface area (Å²) in [5, 5.41) is 9.24. The molecule has 9 nitrogen and oxygen atoms in total. The van der Waals surface area contributed by atoms with Crippen molar-refractivity contribution in [3.05, 3.63) is 297 Å². The molecule has 0 atom stereocenters. The van der Waals surface area contributed by atoms with Gasteiger partial charge in [-0.1, -0.05) is 341 Å². The van der Waals surface area contributed by atoms with Crippen LogP contribution in [0.2, 0.25) is 0 Å². The van der Waals surface area contributed by atoms with Crippen LogP contribution >= 0.6 is 0 Å². The van der Waals surface area contributed by atoms with Crippen molar-refractivity contribution in [1.82, 2.24) is 14.4 Å². The number of rotatable bonds is 50. The highest BCUT2D eigenvalue weighted by atomic mass is 16.2. The quantitative estimate of drug-likeness (QED) is 0.0124. The van der Waals surface area contributed by atoms with Crippen LogP contribution in [0.5, 0.6) is 0 Å². The first kappa shape index (κ1) is 91.6. The van der Waals surface area contributed by atoms with Crippen LogP contribution in [0, 0.1) is 0 Å². The number of hydrogen-bond acceptors (Lipinski definition) is 6. The molecule has 0 aliphatic carbocycles. The first-order chi connectivity index (χ1) is 63.9. The molecular weight excluding hydrogens is 1590 g/mol. The van der Waals surface area contributed by atoms with Crippen molar-refractivity contribution in [1.29, 1.82) is 0 Å². The number of carbonyl (C=O) groups excluding carboxylic acids is 4. The normalized spacial score (nSPS) is 13.0. The number of fused-ring (bicyclic) bond motifs is 5. The van der Waals surface area contributed by atoms with Crippen molar-refractivity contribution in [2.75, 3.05) is 16.3 Å². The number of aromatic nitrogens is 1. The van der Waals surface area contributed by atoms with Crippen LogP contribution in [0.15, 0.2) is 231 Å². The average Bonchev–Trinajstić information content (AvgIpc) is 1.16. The van der Waals surface area contributed by atoms with E-state index in [2.05, 4.69) is 274 Å². The van der Waals surface area contributed by atoms with E-state index in [0.717, 1.165) is 184 Å². The van der Waals surface area contributed by atoms with E-state index in [0.29, 0.717) is 40.6 Å². The van der Waals surface area contributed by atoms with Crippen molar-refractivity contribution >= 4 is 147 Å². The lowest BCUT2D eigenvalue weighted by Crippen LogP contribution is -2.47. The SMILES string of the molecule is CCCCCCCCCCCC(CCCCCCCCCCC)N1C(=O)c2ccc3c4ccc5c6c(ccc(c7ccc(c2c37)C1=O)c64)C(=O)N(CCCCCCn1c2cc(/C=C\c3ccc(N(c4ccc(CCCC)cc4)c4ccc(CCCC)cc4)cc3)ccc2c2ccc(/C=C/c3ccc(N(c4ccc(CCCC)cc4)c4ccc(CCCC)cc4)cc3)cc21)C5=O. The first-order valence-electron chi connectivity index (χ1n) is 50.5. The molecule has 130 heavy (non-hydrogen) atoms. The lowest BCUT2D eigenvalue weighted by atomic mass is 9.82. The van der Waals surface area contributed by atoms with Gasteiger partial charge >= 0.3 is 0 Å². The lowest BCUT2D eigenvalue weighted by Gasteiger charge is -2.35. The zero-order valence-electron chi connectivity index (χ0n) is 78.6. The van der Waals surface area contributed by atoms with Crippen LogP contribution < -0.4 is 9.80 Å². The Hall–Kier alpha value is -11.7. The molecule has 0 saturated carbocycles. The fourth-order valence-corrected chi connectivity index (χ4v) is 20.6. The van der Waals surface area contributed by atoms with E-state index in [1.165, 1.54) is 190 Å². The summed E-state index contributed by atoms with van der Waals surface area (Å²) in [6, 6.07) is 84.0. The summed E-state index contributed by atoms with van der Waals surface area (Å²) in [7, 11) is 0. The monoisotopic (exact) mass is 1720 g/mol. The zero-order chi connectivity index (χ0) is 89.7. The van der Waals surface area contributed by atoms with Crippen molar-refractivity contribution < 1.29 is 19.2 Å². The van der Waals surface area contributed by atoms with Crippen molar-refractivity contribution in [3.63, 3.8) is 0 Å². The number of nitrogens with zero attached hydrogens (tertiary/aromatic N) is 5. The highest BCUT2D eigenvalue weighted by Crippen LogP contribution is 2.48. The van der Waals surface area contributed by atoms with Gasteiger partial charge in [0.05, 0.1) is 0 Å². The number of imide groups is 2. The van der Waals surface area contributed by atoms with Crippen LogP contribution in [0.4, 0.5) is 34.1 Å². The van der Waals surface area contributed by atoms with Crippen LogP contribution in [-0.2, 0) is 32.2 Å². The minimum absolute atomic E-state index is 0.156. The van der Waals surface area contributed by atoms with E-state index in [9.17, 15) is 0 Å². The standard InChI is InChI=1S/C121H137N5O4/c1-7-13-19-21-23-25-27-29-33-41-95(42-34-30-28-26-24-22-20-14-8-2)126-120(129)110-81-77-106-104-75-79-108-116-109(80-76-105(114(104)116)107-78-82-111(121(126)130)117(110)115(106)107)119(128)123(118(108)127)84-36-32-31-35-83-122-112-85-93(45-43-91-55-69-100(70-56-91)124(96-61-47-87(48-62-96)37-15-9-3)97-63-49-88(50-64-97)38-16-10-4)59-73-102(112)103-74-60-94(86-113(103)122)46-44-92-57-71-101(72-58-92)125(98-65-51-89(52-66-98)39-17-11-5)99-67-53-90(54-68-99)40-18-12-6/h43-82,85-86,95H,7-42,83-84H2,1-6H3/b45-43-,46-44+. The van der Waals surface area contributed by atoms with Gasteiger partial charge in [0, 0.05) is 108 Å². The maximum atomic E-state index is 15.2. The van der Waals surface area contributed by atoms with Crippen LogP contribution in [0.1, 0.15) is 333 Å². The number of anilines is 6. The molecule has 0 saturated heterocycles. The molecule has 0 bridgehead atoms. The predicted molar refractivity (Wildman–Crippen MR) is 553 cm³/mol. The fourth-order valence-electron chi connectivity index (χ4n) is 20.6. The molecule has 16 rings (SSSR count). The smallest absolute Gasteiger partial charge is 0.261 e. The molecule has 0 spiro atoms. The van der Waals surface area contributed by atoms with E-state index in [4.69, 9.17) is 0 Å². The minimum Gasteiger partial charge on any atom is -0.340 e. The second kappa shape index (κ2) is 44.8. The van der Waals surface area contributed by atoms with Gasteiger partial charge in [-0.2, -0.15) is 0 Å². The largest absolute Gasteiger partial charge is 0.340 e. The molecule has 3 heterocycles. The zero-order valence-corrected chi connectivity index (χ0v) is 78.6. The minimum atomic E-state index is -0.267. The van der Waals surface area contributed by atoms with E-state index in [-0.39, 0.29) is 29.7 Å². The van der Waals surface area contributed by atoms with Gasteiger partial charge in [0.1, 0.15) is 0 Å². The van der Waals surface area contributed by atoms with Crippen molar-refractivity contribution in [2.24, 2.45) is 0 Å². The molecule has 14 aromatic rings. The van der Waals surface area contributed by atoms with Gasteiger partial charge in [-0.05, 0) is 263 Å². The molecule has 0 N–H and O–H groups in total. The third kappa shape index (κ3) is 21.0. The highest BCUT2D eigenvalue weighted by molar-refractivity contribution is 6.41. The second-order valence-corrected chi connectivity index (χ2v) is 37.5. The Bertz CT molecular complexity index is 5770. The molecule has 2 aliphatic heterocycles. The second-order valence-electron chi connectivity index (χ2n) is 37.5. The summed E-state index contributed by atoms with van der Waals surface area (Å²) in [6.07, 6.45) is 49.7. The Kier molecular flexibility index (Phi) is 31.5. The van der Waals surface area contributed by atoms with Crippen LogP contribution in [0.3, 0.4) is 0 Å². The van der Waals surface area contributed by atoms with Gasteiger partial charge in [-0.25, -0.2) is 0 Å². The molecule has 0 fully saturated rings. The number of aryl methyl sites for hydroxylation is 5. The number of benzene rings is 13. The first-order valence-corrected chi connectivity index (χ1v) is 50.5. The Morgan fingerprint density at radius 1 is 0.246 bits per heavy atom. The summed E-state index contributed by atoms with van der Waals surface area (Å²) in [6.45, 7) is 14.7. The van der Waals surface area contributed by atoms with Crippen LogP contribution in [-0.4, -0.2) is 50.6 Å². The van der Waals surface area contributed by atoms with Gasteiger partial charge in [-0.15, -0.1) is 0 Å². The lowest BCUT2D eigenvalue weighted by molar-refractivity contribution is 0.0514. The topological polar surface area (TPSA) is 86.2 Å². The summed E-state index contributed by atoms with van der Waals surface area (Å²) in [5.74, 6) is -0.911. The van der Waals surface area contributed by atoms with Gasteiger partial charge in [-0.3, -0.25) is 29.0 Å². The summed E-state index contributed by atoms with van der Waals surface area (Å²) >= 11 is 0. The number of unbranched alkanes of at least 4 members (excludes halogenated alkanes) is 23. The highest BCUT2D eigenvalue weighted by Gasteiger charge is 2.40. The van der Waals surface area contributed by atoms with E-state index in [1.807, 2.05) is 36.4 Å². The van der Waals surface area contributed by atoms with Crippen molar-refractivity contribution in [2.45, 2.75) is 285 Å². The molecule has 2 aliphatic rings. The third-order valence-electron chi connectivity index (χ3n) is 28.1. The van der Waals surface area contributed by atoms with E-state index >= 15 is 19.2 Å². The fraction of sp³-hybridized carbons (Fsp3) is 0.372. The number of hydrogen-bond donors (Lipinski definition) is 0. The molecule has 0 unspecified atom stereocenters. The molecular formula is C121H137N5O4. The Balaban J connectivity index is 0.633. The van der Waals surface area contributed by atoms with E-state index < -0.39 is 0 Å². The molecule has 4 amide bonds. The average molecular weight is 1730 g/mol. The maximum Gasteiger partial charge on any atom is 0.261 e. The summed E-state index contributed by atoms with van der Waals surface area (Å²) < 4.78 is 2.52. The van der Waals surface area contributed by atoms with Crippen LogP contribution in [0.25, 0.3) is 89.2 Å². The van der Waals surface area contributed by atoms with Gasteiger partial charge in [0.15, 0.2) is 0 Å². The Labute approximate surface area is 774 Å². The van der Waals surface area contributed by atoms with Gasteiger partial charge < -0.3 is 14.4 Å². The maximum absolute atomic E-state index is 15.2. The molecule has 0 radical (unpaired) electrons. The summed E-state index contributed by atoms with van der Waals surface area (Å²) in [4.78, 5) is 68.3. The molecule has 1 aromatic heterocycles. The molecule has 670 valence electrons. The van der Waals surface area contributed by atoms with Gasteiger partial charge in [0.2, 0.25) is 0 Å². The molecule has 13 aromatic carbocycles.